The van der Waals surface area contributed by atoms with Gasteiger partial charge < -0.3 is 5.32 Å². The molecule has 0 fully saturated rings. The Balaban J connectivity index is 2.11. The van der Waals surface area contributed by atoms with Crippen LogP contribution in [0.4, 0.5) is 5.69 Å². The van der Waals surface area contributed by atoms with E-state index in [1.807, 2.05) is 31.2 Å². The van der Waals surface area contributed by atoms with Crippen molar-refractivity contribution in [2.24, 2.45) is 0 Å². The van der Waals surface area contributed by atoms with E-state index in [0.717, 1.165) is 17.4 Å². The number of sulfone groups is 1. The van der Waals surface area contributed by atoms with E-state index in [0.29, 0.717) is 5.69 Å². The number of nitrogens with one attached hydrogen (secondary N) is 1. The molecule has 4 nitrogen and oxygen atoms in total. The van der Waals surface area contributed by atoms with Gasteiger partial charge in [-0.05, 0) is 42.3 Å². The Bertz CT molecular complexity index is 823. The summed E-state index contributed by atoms with van der Waals surface area (Å²) < 4.78 is 23.0. The fourth-order valence-corrected chi connectivity index (χ4v) is 2.59. The van der Waals surface area contributed by atoms with Crippen LogP contribution >= 0.6 is 0 Å². The van der Waals surface area contributed by atoms with Crippen molar-refractivity contribution in [1.29, 1.82) is 0 Å². The standard InChI is InChI=1S/C17H17NO3S/c1-13-6-3-4-7-14(13)10-11-17(19)18-15-8-5-9-16(12-15)22(2,20)21/h3-12H,1-2H3,(H,18,19). The third-order valence-corrected chi connectivity index (χ3v) is 4.24. The molecule has 2 aromatic carbocycles. The topological polar surface area (TPSA) is 63.2 Å². The number of anilines is 1. The maximum atomic E-state index is 11.9. The van der Waals surface area contributed by atoms with Crippen LogP contribution in [0.5, 0.6) is 0 Å². The van der Waals surface area contributed by atoms with Gasteiger partial charge in [-0.15, -0.1) is 0 Å². The summed E-state index contributed by atoms with van der Waals surface area (Å²) >= 11 is 0. The van der Waals surface area contributed by atoms with E-state index >= 15 is 0 Å². The first-order chi connectivity index (χ1) is 10.4. The Morgan fingerprint density at radius 1 is 1.09 bits per heavy atom. The van der Waals surface area contributed by atoms with Gasteiger partial charge in [0.1, 0.15) is 0 Å². The fraction of sp³-hybridized carbons (Fsp3) is 0.118. The first kappa shape index (κ1) is 16.0. The number of hydrogen-bond acceptors (Lipinski definition) is 3. The number of carbonyl (C=O) groups is 1. The minimum atomic E-state index is -3.29. The van der Waals surface area contributed by atoms with Crippen LogP contribution in [0.25, 0.3) is 6.08 Å². The minimum Gasteiger partial charge on any atom is -0.322 e. The highest BCUT2D eigenvalue weighted by molar-refractivity contribution is 7.90. The molecule has 0 radical (unpaired) electrons. The first-order valence-electron chi connectivity index (χ1n) is 6.71. The molecule has 0 unspecified atom stereocenters. The molecular weight excluding hydrogens is 298 g/mol. The maximum Gasteiger partial charge on any atom is 0.248 e. The summed E-state index contributed by atoms with van der Waals surface area (Å²) in [6, 6.07) is 13.9. The van der Waals surface area contributed by atoms with E-state index < -0.39 is 9.84 Å². The van der Waals surface area contributed by atoms with Crippen molar-refractivity contribution in [2.45, 2.75) is 11.8 Å². The highest BCUT2D eigenvalue weighted by Gasteiger charge is 2.08. The monoisotopic (exact) mass is 315 g/mol. The molecule has 0 aliphatic heterocycles. The van der Waals surface area contributed by atoms with E-state index in [-0.39, 0.29) is 10.8 Å². The van der Waals surface area contributed by atoms with Crippen molar-refractivity contribution in [3.05, 3.63) is 65.7 Å². The SMILES string of the molecule is Cc1ccccc1C=CC(=O)Nc1cccc(S(C)(=O)=O)c1. The van der Waals surface area contributed by atoms with Gasteiger partial charge in [-0.2, -0.15) is 0 Å². The van der Waals surface area contributed by atoms with Crippen molar-refractivity contribution in [3.8, 4) is 0 Å². The molecule has 0 spiro atoms. The third-order valence-electron chi connectivity index (χ3n) is 3.13. The molecule has 0 atom stereocenters. The Labute approximate surface area is 130 Å². The average molecular weight is 315 g/mol. The van der Waals surface area contributed by atoms with Gasteiger partial charge in [0, 0.05) is 18.0 Å². The van der Waals surface area contributed by atoms with Gasteiger partial charge in [-0.25, -0.2) is 8.42 Å². The second-order valence-electron chi connectivity index (χ2n) is 4.98. The van der Waals surface area contributed by atoms with Gasteiger partial charge in [-0.1, -0.05) is 30.3 Å². The van der Waals surface area contributed by atoms with Crippen molar-refractivity contribution < 1.29 is 13.2 Å². The van der Waals surface area contributed by atoms with Crippen LogP contribution in [-0.4, -0.2) is 20.6 Å². The van der Waals surface area contributed by atoms with Gasteiger partial charge in [0.15, 0.2) is 9.84 Å². The van der Waals surface area contributed by atoms with Crippen molar-refractivity contribution in [2.75, 3.05) is 11.6 Å². The number of benzene rings is 2. The Kier molecular flexibility index (Phi) is 4.78. The molecule has 0 heterocycles. The van der Waals surface area contributed by atoms with Crippen LogP contribution in [0.2, 0.25) is 0 Å². The normalized spacial score (nSPS) is 11.5. The zero-order chi connectivity index (χ0) is 16.2. The molecular formula is C17H17NO3S. The molecule has 0 saturated carbocycles. The number of aryl methyl sites for hydroxylation is 1. The van der Waals surface area contributed by atoms with Crippen LogP contribution < -0.4 is 5.32 Å². The quantitative estimate of drug-likeness (QED) is 0.882. The smallest absolute Gasteiger partial charge is 0.248 e. The summed E-state index contributed by atoms with van der Waals surface area (Å²) in [5.41, 5.74) is 2.48. The highest BCUT2D eigenvalue weighted by atomic mass is 32.2. The Hall–Kier alpha value is -2.40. The van der Waals surface area contributed by atoms with Crippen LogP contribution in [0, 0.1) is 6.92 Å². The average Bonchev–Trinajstić information content (AvgIpc) is 2.46. The van der Waals surface area contributed by atoms with E-state index in [2.05, 4.69) is 5.32 Å². The lowest BCUT2D eigenvalue weighted by atomic mass is 10.1. The van der Waals surface area contributed by atoms with Crippen LogP contribution in [0.1, 0.15) is 11.1 Å². The molecule has 1 N–H and O–H groups in total. The first-order valence-corrected chi connectivity index (χ1v) is 8.60. The lowest BCUT2D eigenvalue weighted by Crippen LogP contribution is -2.08. The van der Waals surface area contributed by atoms with Crippen LogP contribution in [-0.2, 0) is 14.6 Å². The lowest BCUT2D eigenvalue weighted by molar-refractivity contribution is -0.111. The minimum absolute atomic E-state index is 0.174. The van der Waals surface area contributed by atoms with Gasteiger partial charge in [0.05, 0.1) is 4.90 Å². The summed E-state index contributed by atoms with van der Waals surface area (Å²) in [7, 11) is -3.29. The van der Waals surface area contributed by atoms with Crippen LogP contribution in [0.3, 0.4) is 0 Å². The van der Waals surface area contributed by atoms with Crippen molar-refractivity contribution in [3.63, 3.8) is 0 Å². The predicted molar refractivity (Wildman–Crippen MR) is 88.4 cm³/mol. The summed E-state index contributed by atoms with van der Waals surface area (Å²) in [6.07, 6.45) is 4.28. The lowest BCUT2D eigenvalue weighted by Gasteiger charge is -2.04. The van der Waals surface area contributed by atoms with Gasteiger partial charge in [-0.3, -0.25) is 4.79 Å². The highest BCUT2D eigenvalue weighted by Crippen LogP contribution is 2.15. The van der Waals surface area contributed by atoms with E-state index in [1.165, 1.54) is 18.2 Å². The molecule has 114 valence electrons. The molecule has 2 rings (SSSR count). The van der Waals surface area contributed by atoms with E-state index in [4.69, 9.17) is 0 Å². The Morgan fingerprint density at radius 3 is 2.50 bits per heavy atom. The Morgan fingerprint density at radius 2 is 1.82 bits per heavy atom. The zero-order valence-electron chi connectivity index (χ0n) is 12.4. The molecule has 0 aliphatic carbocycles. The number of hydrogen-bond donors (Lipinski definition) is 1. The molecule has 1 amide bonds. The second-order valence-corrected chi connectivity index (χ2v) is 6.99. The van der Waals surface area contributed by atoms with Gasteiger partial charge in [0.2, 0.25) is 5.91 Å². The largest absolute Gasteiger partial charge is 0.322 e. The summed E-state index contributed by atoms with van der Waals surface area (Å²) in [6.45, 7) is 1.97. The molecule has 0 aliphatic rings. The summed E-state index contributed by atoms with van der Waals surface area (Å²) in [5.74, 6) is -0.311. The van der Waals surface area contributed by atoms with Gasteiger partial charge in [0.25, 0.3) is 0 Å². The van der Waals surface area contributed by atoms with Crippen LogP contribution in [0.15, 0.2) is 59.5 Å². The number of rotatable bonds is 4. The number of amides is 1. The fourth-order valence-electron chi connectivity index (χ4n) is 1.93. The van der Waals surface area contributed by atoms with Crippen molar-refractivity contribution >= 4 is 27.5 Å². The number of carbonyl (C=O) groups excluding carboxylic acids is 1. The third kappa shape index (κ3) is 4.30. The molecule has 0 saturated heterocycles. The second kappa shape index (κ2) is 6.58. The molecule has 5 heteroatoms. The van der Waals surface area contributed by atoms with Gasteiger partial charge >= 0.3 is 0 Å². The molecule has 0 bridgehead atoms. The molecule has 22 heavy (non-hydrogen) atoms. The maximum absolute atomic E-state index is 11.9. The zero-order valence-corrected chi connectivity index (χ0v) is 13.2. The van der Waals surface area contributed by atoms with E-state index in [1.54, 1.807) is 18.2 Å². The molecule has 0 aromatic heterocycles. The van der Waals surface area contributed by atoms with Crippen molar-refractivity contribution in [1.82, 2.24) is 0 Å². The summed E-state index contributed by atoms with van der Waals surface area (Å²) in [5, 5.41) is 2.65. The summed E-state index contributed by atoms with van der Waals surface area (Å²) in [4.78, 5) is 12.1. The predicted octanol–water partition coefficient (Wildman–Crippen LogP) is 3.05. The molecule has 2 aromatic rings. The van der Waals surface area contributed by atoms with E-state index in [9.17, 15) is 13.2 Å².